The number of carbonyl (C=O) groups is 1. The number of carbonyl (C=O) groups excluding carboxylic acids is 1. The molecule has 2 aromatic carbocycles. The van der Waals surface area contributed by atoms with Gasteiger partial charge < -0.3 is 20.1 Å². The smallest absolute Gasteiger partial charge is 0.262 e. The topological polar surface area (TPSA) is 97.4 Å². The molecular formula is C41H58ClN5O4S. The molecule has 1 amide bonds. The number of halogens is 1. The highest BCUT2D eigenvalue weighted by Crippen LogP contribution is 2.49. The molecule has 1 saturated carbocycles. The van der Waals surface area contributed by atoms with Crippen LogP contribution in [0.15, 0.2) is 36.4 Å². The summed E-state index contributed by atoms with van der Waals surface area (Å²) in [6.07, 6.45) is 7.49. The van der Waals surface area contributed by atoms with E-state index in [4.69, 9.17) is 16.3 Å². The van der Waals surface area contributed by atoms with Crippen molar-refractivity contribution in [3.05, 3.63) is 58.1 Å². The Hall–Kier alpha value is -2.34. The zero-order chi connectivity index (χ0) is 36.3. The van der Waals surface area contributed by atoms with Gasteiger partial charge in [-0.05, 0) is 117 Å². The summed E-state index contributed by atoms with van der Waals surface area (Å²) >= 11 is 6.51. The van der Waals surface area contributed by atoms with Gasteiger partial charge in [0.05, 0.1) is 27.6 Å². The largest absolute Gasteiger partial charge is 0.490 e. The number of piperazine rings is 2. The molecular weight excluding hydrogens is 694 g/mol. The van der Waals surface area contributed by atoms with Gasteiger partial charge in [0, 0.05) is 86.2 Å². The summed E-state index contributed by atoms with van der Waals surface area (Å²) in [4.78, 5) is 21.4. The Morgan fingerprint density at radius 2 is 1.92 bits per heavy atom. The van der Waals surface area contributed by atoms with Crippen molar-refractivity contribution in [2.24, 2.45) is 17.8 Å². The van der Waals surface area contributed by atoms with Crippen molar-refractivity contribution < 1.29 is 18.8 Å². The van der Waals surface area contributed by atoms with Crippen LogP contribution in [0.1, 0.15) is 80.3 Å². The van der Waals surface area contributed by atoms with Gasteiger partial charge in [0.25, 0.3) is 5.91 Å². The van der Waals surface area contributed by atoms with Crippen LogP contribution in [0.5, 0.6) is 5.75 Å². The second-order valence-electron chi connectivity index (χ2n) is 17.2. The van der Waals surface area contributed by atoms with Crippen LogP contribution in [0.4, 0.5) is 5.69 Å². The second kappa shape index (κ2) is 14.4. The summed E-state index contributed by atoms with van der Waals surface area (Å²) < 4.78 is 23.6. The van der Waals surface area contributed by atoms with E-state index in [0.29, 0.717) is 37.1 Å². The minimum Gasteiger partial charge on any atom is -0.490 e. The number of hydrogen-bond donors (Lipinski definition) is 3. The first-order valence-electron chi connectivity index (χ1n) is 19.8. The van der Waals surface area contributed by atoms with Crippen molar-refractivity contribution in [1.82, 2.24) is 19.8 Å². The van der Waals surface area contributed by atoms with Crippen molar-refractivity contribution >= 4 is 38.8 Å². The van der Waals surface area contributed by atoms with Gasteiger partial charge in [-0.25, -0.2) is 4.21 Å². The molecule has 1 unspecified atom stereocenters. The quantitative estimate of drug-likeness (QED) is 0.380. The number of nitrogens with one attached hydrogen (secondary N) is 2. The molecule has 4 aliphatic heterocycles. The number of nitrogens with zero attached hydrogens (tertiary/aromatic N) is 3. The highest BCUT2D eigenvalue weighted by atomic mass is 35.5. The van der Waals surface area contributed by atoms with Gasteiger partial charge in [0.1, 0.15) is 5.75 Å². The third-order valence-corrected chi connectivity index (χ3v) is 16.4. The van der Waals surface area contributed by atoms with E-state index < -0.39 is 15.3 Å². The zero-order valence-corrected chi connectivity index (χ0v) is 32.7. The molecule has 6 aliphatic rings. The van der Waals surface area contributed by atoms with E-state index in [1.165, 1.54) is 11.1 Å². The van der Waals surface area contributed by atoms with Crippen LogP contribution in [0.3, 0.4) is 0 Å². The van der Waals surface area contributed by atoms with Crippen LogP contribution in [0.25, 0.3) is 0 Å². The fraction of sp³-hybridized carbons (Fsp3) is 0.659. The Labute approximate surface area is 315 Å². The molecule has 4 heterocycles. The highest BCUT2D eigenvalue weighted by molar-refractivity contribution is 7.99. The summed E-state index contributed by atoms with van der Waals surface area (Å²) in [7, 11) is -2.94. The maximum atomic E-state index is 14.0. The monoisotopic (exact) mass is 751 g/mol. The van der Waals surface area contributed by atoms with E-state index in [0.717, 1.165) is 114 Å². The molecule has 0 aromatic heterocycles. The average molecular weight is 752 g/mol. The van der Waals surface area contributed by atoms with Crippen LogP contribution < -0.4 is 19.7 Å². The van der Waals surface area contributed by atoms with Crippen LogP contribution in [0.2, 0.25) is 5.02 Å². The summed E-state index contributed by atoms with van der Waals surface area (Å²) in [6.45, 7) is 13.0. The number of β-amino-alcohol motifs (C(OH)–C–C–N with tert-alkyl or cyclic N) is 1. The SMILES string of the molecule is C=S1(=O)NC(=O)c2ccc3c(c2)N(C[C@@H]2CC[C@H]2[C@@](O)(CN2CCN4CCNC[C@H]4C2)CCC[C@H](C)[C@H]1C)C[C@@]1(CCCc2cc(Cl)ccc21)CO3. The predicted octanol–water partition coefficient (Wildman–Crippen LogP) is 4.73. The van der Waals surface area contributed by atoms with Gasteiger partial charge in [0.15, 0.2) is 0 Å². The summed E-state index contributed by atoms with van der Waals surface area (Å²) in [5.41, 5.74) is 2.88. The van der Waals surface area contributed by atoms with Gasteiger partial charge in [-0.15, -0.1) is 0 Å². The van der Waals surface area contributed by atoms with Crippen molar-refractivity contribution in [3.63, 3.8) is 0 Å². The van der Waals surface area contributed by atoms with Crippen LogP contribution in [-0.2, 0) is 21.5 Å². The lowest BCUT2D eigenvalue weighted by Gasteiger charge is -2.53. The summed E-state index contributed by atoms with van der Waals surface area (Å²) in [5, 5.41) is 17.0. The zero-order valence-electron chi connectivity index (χ0n) is 31.1. The molecule has 8 rings (SSSR count). The molecule has 1 spiro atoms. The first-order chi connectivity index (χ1) is 24.9. The molecule has 9 nitrogen and oxygen atoms in total. The van der Waals surface area contributed by atoms with Crippen molar-refractivity contribution in [2.45, 2.75) is 87.5 Å². The summed E-state index contributed by atoms with van der Waals surface area (Å²) in [5.74, 6) is 5.00. The van der Waals surface area contributed by atoms with E-state index in [1.807, 2.05) is 25.1 Å². The van der Waals surface area contributed by atoms with Gasteiger partial charge in [-0.2, -0.15) is 0 Å². The molecule has 0 radical (unpaired) electrons. The third kappa shape index (κ3) is 7.01. The minimum atomic E-state index is -2.94. The van der Waals surface area contributed by atoms with Gasteiger partial charge in [-0.3, -0.25) is 19.3 Å². The molecule has 2 aliphatic carbocycles. The Morgan fingerprint density at radius 3 is 2.75 bits per heavy atom. The number of ether oxygens (including phenoxy) is 1. The molecule has 11 heteroatoms. The van der Waals surface area contributed by atoms with Gasteiger partial charge >= 0.3 is 0 Å². The number of aliphatic hydroxyl groups is 1. The van der Waals surface area contributed by atoms with E-state index in [9.17, 15) is 14.1 Å². The maximum Gasteiger partial charge on any atom is 0.262 e. The fourth-order valence-corrected chi connectivity index (χ4v) is 12.2. The first-order valence-corrected chi connectivity index (χ1v) is 22.0. The lowest BCUT2D eigenvalue weighted by atomic mass is 9.62. The Balaban J connectivity index is 1.16. The highest BCUT2D eigenvalue weighted by Gasteiger charge is 2.50. The second-order valence-corrected chi connectivity index (χ2v) is 20.0. The van der Waals surface area contributed by atoms with E-state index in [1.54, 1.807) is 6.07 Å². The van der Waals surface area contributed by atoms with Crippen LogP contribution in [-0.4, -0.2) is 113 Å². The number of hydrogen-bond acceptors (Lipinski definition) is 8. The van der Waals surface area contributed by atoms with E-state index in [-0.39, 0.29) is 28.4 Å². The first kappa shape index (κ1) is 36.6. The number of amides is 1. The predicted molar refractivity (Wildman–Crippen MR) is 211 cm³/mol. The maximum absolute atomic E-state index is 14.0. The fourth-order valence-electron chi connectivity index (χ4n) is 10.5. The number of fused-ring (bicyclic) bond motifs is 5. The number of benzene rings is 2. The van der Waals surface area contributed by atoms with Gasteiger partial charge in [0.2, 0.25) is 0 Å². The molecule has 3 N–H and O–H groups in total. The Morgan fingerprint density at radius 1 is 1.06 bits per heavy atom. The summed E-state index contributed by atoms with van der Waals surface area (Å²) in [6, 6.07) is 12.5. The van der Waals surface area contributed by atoms with Crippen molar-refractivity contribution in [2.75, 3.05) is 70.4 Å². The third-order valence-electron chi connectivity index (χ3n) is 13.9. The molecule has 2 saturated heterocycles. The van der Waals surface area contributed by atoms with Crippen LogP contribution >= 0.6 is 11.6 Å². The molecule has 3 fully saturated rings. The molecule has 2 aromatic rings. The average Bonchev–Trinajstić information content (AvgIpc) is 3.25. The lowest BCUT2D eigenvalue weighted by molar-refractivity contribution is -0.113. The van der Waals surface area contributed by atoms with E-state index in [2.05, 4.69) is 49.7 Å². The molecule has 8 atom stereocenters. The Kier molecular flexibility index (Phi) is 10.1. The number of anilines is 1. The van der Waals surface area contributed by atoms with Crippen molar-refractivity contribution in [3.8, 4) is 5.75 Å². The minimum absolute atomic E-state index is 0.0666. The number of aryl methyl sites for hydroxylation is 1. The molecule has 284 valence electrons. The molecule has 2 bridgehead atoms. The Bertz CT molecular complexity index is 1770. The standard InChI is InChI=1S/C41H58ClN5O4S/c1-28-6-4-15-41(49,26-45-18-19-46-17-16-43-22-34(46)24-45)36-11-8-32(36)23-47-25-40(14-5-7-30-20-33(42)10-12-35(30)40)27-51-38-13-9-31(21-37(38)47)39(48)44-52(3,50)29(28)2/h9-10,12-13,20-21,28-29,32,34,36,43,49H,3-8,11,14-19,22-27H2,1-2H3,(H,44,48,50)/t28-,29+,32-,34-,36+,40-,41-,52?/m0/s1. The van der Waals surface area contributed by atoms with Crippen molar-refractivity contribution in [1.29, 1.82) is 0 Å². The molecule has 52 heavy (non-hydrogen) atoms. The lowest BCUT2D eigenvalue weighted by Crippen LogP contribution is -2.64. The van der Waals surface area contributed by atoms with Crippen LogP contribution in [0, 0.1) is 17.8 Å². The number of rotatable bonds is 2. The normalized spacial score (nSPS) is 37.4. The van der Waals surface area contributed by atoms with E-state index >= 15 is 0 Å². The van der Waals surface area contributed by atoms with Gasteiger partial charge in [-0.1, -0.05) is 31.0 Å².